The average molecular weight is 382 g/mol. The molecule has 0 saturated carbocycles. The van der Waals surface area contributed by atoms with Crippen molar-refractivity contribution in [1.82, 2.24) is 9.47 Å². The van der Waals surface area contributed by atoms with Crippen LogP contribution in [0.4, 0.5) is 4.39 Å². The van der Waals surface area contributed by atoms with E-state index in [1.807, 2.05) is 24.3 Å². The highest BCUT2D eigenvalue weighted by Crippen LogP contribution is 2.22. The molecule has 0 atom stereocenters. The van der Waals surface area contributed by atoms with Gasteiger partial charge in [0.05, 0.1) is 32.4 Å². The maximum absolute atomic E-state index is 14.3. The number of nitrogens with zero attached hydrogens (tertiary/aromatic N) is 2. The van der Waals surface area contributed by atoms with E-state index in [4.69, 9.17) is 9.47 Å². The predicted octanol–water partition coefficient (Wildman–Crippen LogP) is 3.03. The Hall–Kier alpha value is -2.70. The van der Waals surface area contributed by atoms with E-state index >= 15 is 0 Å². The molecule has 0 unspecified atom stereocenters. The Kier molecular flexibility index (Phi) is 5.41. The topological polar surface area (TPSA) is 43.7 Å². The van der Waals surface area contributed by atoms with Gasteiger partial charge in [-0.2, -0.15) is 0 Å². The number of rotatable bonds is 5. The minimum Gasteiger partial charge on any atom is -0.497 e. The number of pyridine rings is 1. The Morgan fingerprint density at radius 1 is 1.04 bits per heavy atom. The summed E-state index contributed by atoms with van der Waals surface area (Å²) in [7, 11) is 1.59. The number of ether oxygens (including phenoxy) is 2. The summed E-state index contributed by atoms with van der Waals surface area (Å²) in [6.45, 7) is 3.68. The number of fused-ring (bicyclic) bond motifs is 1. The smallest absolute Gasteiger partial charge is 0.255 e. The highest BCUT2D eigenvalue weighted by molar-refractivity contribution is 5.81. The molecule has 0 radical (unpaired) electrons. The third kappa shape index (κ3) is 3.79. The van der Waals surface area contributed by atoms with Gasteiger partial charge >= 0.3 is 0 Å². The van der Waals surface area contributed by atoms with Gasteiger partial charge in [0.25, 0.3) is 5.56 Å². The van der Waals surface area contributed by atoms with E-state index in [-0.39, 0.29) is 17.9 Å². The van der Waals surface area contributed by atoms with Crippen molar-refractivity contribution in [2.45, 2.75) is 13.1 Å². The fourth-order valence-corrected chi connectivity index (χ4v) is 3.61. The highest BCUT2D eigenvalue weighted by Gasteiger charge is 2.16. The Morgan fingerprint density at radius 2 is 1.82 bits per heavy atom. The number of halogens is 1. The average Bonchev–Trinajstić information content (AvgIpc) is 2.73. The van der Waals surface area contributed by atoms with Crippen molar-refractivity contribution in [3.8, 4) is 5.75 Å². The van der Waals surface area contributed by atoms with Crippen LogP contribution in [0.15, 0.2) is 53.3 Å². The summed E-state index contributed by atoms with van der Waals surface area (Å²) in [5.74, 6) is 0.346. The van der Waals surface area contributed by atoms with Gasteiger partial charge in [-0.05, 0) is 29.7 Å². The molecule has 1 saturated heterocycles. The van der Waals surface area contributed by atoms with Gasteiger partial charge in [-0.1, -0.05) is 18.2 Å². The van der Waals surface area contributed by atoms with Crippen LogP contribution in [-0.4, -0.2) is 42.9 Å². The molecule has 0 N–H and O–H groups in total. The summed E-state index contributed by atoms with van der Waals surface area (Å²) in [5, 5.41) is 0.931. The van der Waals surface area contributed by atoms with Crippen LogP contribution >= 0.6 is 0 Å². The first-order chi connectivity index (χ1) is 13.7. The third-order valence-electron chi connectivity index (χ3n) is 5.16. The van der Waals surface area contributed by atoms with E-state index in [0.717, 1.165) is 24.0 Å². The predicted molar refractivity (Wildman–Crippen MR) is 106 cm³/mol. The minimum absolute atomic E-state index is 0.101. The zero-order valence-corrected chi connectivity index (χ0v) is 15.9. The normalized spacial score (nSPS) is 15.1. The summed E-state index contributed by atoms with van der Waals surface area (Å²) in [5.41, 5.74) is 1.82. The van der Waals surface area contributed by atoms with E-state index in [1.54, 1.807) is 29.9 Å². The second kappa shape index (κ2) is 8.12. The zero-order chi connectivity index (χ0) is 19.5. The van der Waals surface area contributed by atoms with Gasteiger partial charge in [0.15, 0.2) is 0 Å². The lowest BCUT2D eigenvalue weighted by molar-refractivity contribution is 0.0340. The van der Waals surface area contributed by atoms with Gasteiger partial charge in [0, 0.05) is 36.8 Å². The molecular formula is C22H23FN2O3. The SMILES string of the molecule is COc1ccc2cc(CN3CCOCC3)c(=O)n(Cc3ccccc3F)c2c1. The van der Waals surface area contributed by atoms with Gasteiger partial charge in [-0.3, -0.25) is 9.69 Å². The number of aromatic nitrogens is 1. The third-order valence-corrected chi connectivity index (χ3v) is 5.16. The number of hydrogen-bond donors (Lipinski definition) is 0. The van der Waals surface area contributed by atoms with E-state index in [9.17, 15) is 9.18 Å². The molecule has 5 nitrogen and oxygen atoms in total. The maximum Gasteiger partial charge on any atom is 0.255 e. The van der Waals surface area contributed by atoms with Crippen LogP contribution in [0.1, 0.15) is 11.1 Å². The van der Waals surface area contributed by atoms with Crippen molar-refractivity contribution < 1.29 is 13.9 Å². The fourth-order valence-electron chi connectivity index (χ4n) is 3.61. The van der Waals surface area contributed by atoms with E-state index in [2.05, 4.69) is 4.90 Å². The van der Waals surface area contributed by atoms with Crippen molar-refractivity contribution in [3.63, 3.8) is 0 Å². The lowest BCUT2D eigenvalue weighted by Crippen LogP contribution is -2.38. The van der Waals surface area contributed by atoms with Crippen molar-refractivity contribution in [2.75, 3.05) is 33.4 Å². The number of benzene rings is 2. The Bertz CT molecular complexity index is 1040. The number of methoxy groups -OCH3 is 1. The van der Waals surface area contributed by atoms with Gasteiger partial charge < -0.3 is 14.0 Å². The lowest BCUT2D eigenvalue weighted by atomic mass is 10.1. The summed E-state index contributed by atoms with van der Waals surface area (Å²) in [4.78, 5) is 15.5. The van der Waals surface area contributed by atoms with E-state index in [1.165, 1.54) is 6.07 Å². The number of hydrogen-bond acceptors (Lipinski definition) is 4. The molecule has 28 heavy (non-hydrogen) atoms. The molecule has 0 spiro atoms. The van der Waals surface area contributed by atoms with Crippen LogP contribution in [0.5, 0.6) is 5.75 Å². The van der Waals surface area contributed by atoms with Crippen LogP contribution < -0.4 is 10.3 Å². The molecular weight excluding hydrogens is 359 g/mol. The van der Waals surface area contributed by atoms with Gasteiger partial charge in [-0.15, -0.1) is 0 Å². The molecule has 2 heterocycles. The first kappa shape index (κ1) is 18.7. The van der Waals surface area contributed by atoms with E-state index < -0.39 is 0 Å². The largest absolute Gasteiger partial charge is 0.497 e. The molecule has 0 aliphatic carbocycles. The maximum atomic E-state index is 14.3. The molecule has 3 aromatic rings. The second-order valence-corrected chi connectivity index (χ2v) is 6.97. The van der Waals surface area contributed by atoms with Crippen molar-refractivity contribution >= 4 is 10.9 Å². The summed E-state index contributed by atoms with van der Waals surface area (Å²) in [6.07, 6.45) is 0. The molecule has 6 heteroatoms. The van der Waals surface area contributed by atoms with Crippen LogP contribution in [0.3, 0.4) is 0 Å². The van der Waals surface area contributed by atoms with Gasteiger partial charge in [-0.25, -0.2) is 4.39 Å². The van der Waals surface area contributed by atoms with Crippen molar-refractivity contribution in [1.29, 1.82) is 0 Å². The van der Waals surface area contributed by atoms with E-state index in [0.29, 0.717) is 36.6 Å². The lowest BCUT2D eigenvalue weighted by Gasteiger charge is -2.26. The monoisotopic (exact) mass is 382 g/mol. The number of morpholine rings is 1. The molecule has 2 aromatic carbocycles. The van der Waals surface area contributed by atoms with Gasteiger partial charge in [0.2, 0.25) is 0 Å². The Labute approximate surface area is 162 Å². The zero-order valence-electron chi connectivity index (χ0n) is 15.9. The first-order valence-corrected chi connectivity index (χ1v) is 9.39. The van der Waals surface area contributed by atoms with Crippen LogP contribution in [0, 0.1) is 5.82 Å². The molecule has 0 amide bonds. The van der Waals surface area contributed by atoms with Crippen LogP contribution in [0.2, 0.25) is 0 Å². The molecule has 146 valence electrons. The van der Waals surface area contributed by atoms with Crippen LogP contribution in [0.25, 0.3) is 10.9 Å². The van der Waals surface area contributed by atoms with Crippen LogP contribution in [-0.2, 0) is 17.8 Å². The minimum atomic E-state index is -0.316. The first-order valence-electron chi connectivity index (χ1n) is 9.39. The molecule has 1 fully saturated rings. The summed E-state index contributed by atoms with van der Waals surface area (Å²) >= 11 is 0. The van der Waals surface area contributed by atoms with Crippen molar-refractivity contribution in [2.24, 2.45) is 0 Å². The molecule has 1 aliphatic heterocycles. The Balaban J connectivity index is 1.82. The standard InChI is InChI=1S/C22H23FN2O3/c1-27-19-7-6-16-12-18(14-24-8-10-28-11-9-24)22(26)25(21(16)13-19)15-17-4-2-3-5-20(17)23/h2-7,12-13H,8-11,14-15H2,1H3. The molecule has 1 aromatic heterocycles. The Morgan fingerprint density at radius 3 is 2.57 bits per heavy atom. The molecule has 1 aliphatic rings. The fraction of sp³-hybridized carbons (Fsp3) is 0.318. The highest BCUT2D eigenvalue weighted by atomic mass is 19.1. The van der Waals surface area contributed by atoms with Crippen molar-refractivity contribution in [3.05, 3.63) is 75.8 Å². The molecule has 0 bridgehead atoms. The summed E-state index contributed by atoms with van der Waals surface area (Å²) < 4.78 is 26.6. The van der Waals surface area contributed by atoms with Gasteiger partial charge in [0.1, 0.15) is 11.6 Å². The quantitative estimate of drug-likeness (QED) is 0.680. The second-order valence-electron chi connectivity index (χ2n) is 6.97. The summed E-state index contributed by atoms with van der Waals surface area (Å²) in [6, 6.07) is 14.1. The molecule has 4 rings (SSSR count).